The molecule has 1 aliphatic rings. The molecule has 1 N–H and O–H groups in total. The van der Waals surface area contributed by atoms with Gasteiger partial charge in [-0.2, -0.15) is 0 Å². The van der Waals surface area contributed by atoms with Gasteiger partial charge in [0.1, 0.15) is 0 Å². The molecule has 3 heteroatoms. The second kappa shape index (κ2) is 6.92. The van der Waals surface area contributed by atoms with Gasteiger partial charge in [-0.1, -0.05) is 24.6 Å². The van der Waals surface area contributed by atoms with E-state index in [1.807, 2.05) is 0 Å². The smallest absolute Gasteiger partial charge is 0.0721 e. The Morgan fingerprint density at radius 2 is 2.26 bits per heavy atom. The van der Waals surface area contributed by atoms with E-state index in [-0.39, 0.29) is 0 Å². The van der Waals surface area contributed by atoms with Gasteiger partial charge in [-0.05, 0) is 38.4 Å². The molecule has 1 unspecified atom stereocenters. The van der Waals surface area contributed by atoms with Crippen molar-refractivity contribution in [2.45, 2.75) is 39.8 Å². The zero-order chi connectivity index (χ0) is 13.7. The molecule has 2 rings (SSSR count). The fraction of sp³-hybridized carbons (Fsp3) is 0.625. The Morgan fingerprint density at radius 1 is 1.42 bits per heavy atom. The standard InChI is InChI=1S/C16H26N2O/c1-4-17-11-15-10-13(2)6-7-16(15)18-8-5-9-19-14(3)12-18/h6-7,10,14,17H,4-5,8-9,11-12H2,1-3H3. The molecule has 0 bridgehead atoms. The fourth-order valence-corrected chi connectivity index (χ4v) is 2.64. The Kier molecular flexibility index (Phi) is 5.23. The van der Waals surface area contributed by atoms with E-state index in [9.17, 15) is 0 Å². The topological polar surface area (TPSA) is 24.5 Å². The number of benzene rings is 1. The van der Waals surface area contributed by atoms with Crippen LogP contribution in [0.25, 0.3) is 0 Å². The first-order chi connectivity index (χ1) is 9.20. The molecule has 0 saturated carbocycles. The van der Waals surface area contributed by atoms with Crippen molar-refractivity contribution in [1.29, 1.82) is 0 Å². The number of rotatable bonds is 4. The Labute approximate surface area is 116 Å². The SMILES string of the molecule is CCNCc1cc(C)ccc1N1CCCOC(C)C1. The lowest BCUT2D eigenvalue weighted by Crippen LogP contribution is -2.31. The van der Waals surface area contributed by atoms with E-state index in [2.05, 4.69) is 49.2 Å². The summed E-state index contributed by atoms with van der Waals surface area (Å²) in [6.45, 7) is 11.4. The zero-order valence-electron chi connectivity index (χ0n) is 12.4. The van der Waals surface area contributed by atoms with Crippen LogP contribution in [0.3, 0.4) is 0 Å². The van der Waals surface area contributed by atoms with E-state index < -0.39 is 0 Å². The molecule has 0 amide bonds. The monoisotopic (exact) mass is 262 g/mol. The highest BCUT2D eigenvalue weighted by atomic mass is 16.5. The van der Waals surface area contributed by atoms with Gasteiger partial charge in [-0.3, -0.25) is 0 Å². The van der Waals surface area contributed by atoms with Crippen molar-refractivity contribution in [3.05, 3.63) is 29.3 Å². The third-order valence-electron chi connectivity index (χ3n) is 3.59. The van der Waals surface area contributed by atoms with Crippen LogP contribution in [0.4, 0.5) is 5.69 Å². The number of aryl methyl sites for hydroxylation is 1. The molecule has 1 aromatic carbocycles. The molecule has 1 heterocycles. The predicted octanol–water partition coefficient (Wildman–Crippen LogP) is 2.72. The number of nitrogens with zero attached hydrogens (tertiary/aromatic N) is 1. The lowest BCUT2D eigenvalue weighted by Gasteiger charge is -2.27. The molecule has 1 aliphatic heterocycles. The first-order valence-electron chi connectivity index (χ1n) is 7.37. The summed E-state index contributed by atoms with van der Waals surface area (Å²) in [5.74, 6) is 0. The summed E-state index contributed by atoms with van der Waals surface area (Å²) in [4.78, 5) is 2.48. The average Bonchev–Trinajstić information content (AvgIpc) is 2.61. The number of ether oxygens (including phenoxy) is 1. The van der Waals surface area contributed by atoms with Crippen LogP contribution in [0.15, 0.2) is 18.2 Å². The summed E-state index contributed by atoms with van der Waals surface area (Å²) in [7, 11) is 0. The molecular weight excluding hydrogens is 236 g/mol. The highest BCUT2D eigenvalue weighted by molar-refractivity contribution is 5.55. The summed E-state index contributed by atoms with van der Waals surface area (Å²) >= 11 is 0. The van der Waals surface area contributed by atoms with Crippen LogP contribution in [0, 0.1) is 6.92 Å². The molecule has 1 aromatic rings. The van der Waals surface area contributed by atoms with Crippen LogP contribution in [0.2, 0.25) is 0 Å². The third kappa shape index (κ3) is 3.95. The van der Waals surface area contributed by atoms with Crippen molar-refractivity contribution in [2.75, 3.05) is 31.1 Å². The van der Waals surface area contributed by atoms with E-state index in [4.69, 9.17) is 4.74 Å². The molecule has 106 valence electrons. The maximum absolute atomic E-state index is 5.74. The van der Waals surface area contributed by atoms with Gasteiger partial charge in [0.2, 0.25) is 0 Å². The molecule has 19 heavy (non-hydrogen) atoms. The minimum absolute atomic E-state index is 0.316. The van der Waals surface area contributed by atoms with Crippen LogP contribution in [0.1, 0.15) is 31.4 Å². The fourth-order valence-electron chi connectivity index (χ4n) is 2.64. The van der Waals surface area contributed by atoms with Gasteiger partial charge >= 0.3 is 0 Å². The van der Waals surface area contributed by atoms with Crippen LogP contribution in [-0.2, 0) is 11.3 Å². The molecule has 1 atom stereocenters. The molecular formula is C16H26N2O. The second-order valence-corrected chi connectivity index (χ2v) is 5.39. The van der Waals surface area contributed by atoms with E-state index >= 15 is 0 Å². The maximum Gasteiger partial charge on any atom is 0.0721 e. The quantitative estimate of drug-likeness (QED) is 0.903. The normalized spacial score (nSPS) is 20.4. The lowest BCUT2D eigenvalue weighted by molar-refractivity contribution is 0.0821. The largest absolute Gasteiger partial charge is 0.377 e. The first kappa shape index (κ1) is 14.4. The number of hydrogen-bond acceptors (Lipinski definition) is 3. The van der Waals surface area contributed by atoms with Gasteiger partial charge in [0.25, 0.3) is 0 Å². The van der Waals surface area contributed by atoms with E-state index in [1.165, 1.54) is 16.8 Å². The van der Waals surface area contributed by atoms with E-state index in [0.717, 1.165) is 39.2 Å². The summed E-state index contributed by atoms with van der Waals surface area (Å²) in [6, 6.07) is 6.77. The highest BCUT2D eigenvalue weighted by Crippen LogP contribution is 2.24. The van der Waals surface area contributed by atoms with Gasteiger partial charge in [-0.25, -0.2) is 0 Å². The van der Waals surface area contributed by atoms with E-state index in [0.29, 0.717) is 6.10 Å². The second-order valence-electron chi connectivity index (χ2n) is 5.39. The summed E-state index contributed by atoms with van der Waals surface area (Å²) in [6.07, 6.45) is 1.43. The van der Waals surface area contributed by atoms with Crippen molar-refractivity contribution in [3.8, 4) is 0 Å². The molecule has 3 nitrogen and oxygen atoms in total. The molecule has 1 saturated heterocycles. The Balaban J connectivity index is 2.21. The van der Waals surface area contributed by atoms with Crippen LogP contribution < -0.4 is 10.2 Å². The summed E-state index contributed by atoms with van der Waals surface area (Å²) < 4.78 is 5.74. The van der Waals surface area contributed by atoms with Crippen molar-refractivity contribution < 1.29 is 4.74 Å². The van der Waals surface area contributed by atoms with Crippen LogP contribution >= 0.6 is 0 Å². The number of nitrogens with one attached hydrogen (secondary N) is 1. The van der Waals surface area contributed by atoms with Crippen LogP contribution in [0.5, 0.6) is 0 Å². The average molecular weight is 262 g/mol. The summed E-state index contributed by atoms with van der Waals surface area (Å²) in [5.41, 5.74) is 4.09. The summed E-state index contributed by atoms with van der Waals surface area (Å²) in [5, 5.41) is 3.44. The predicted molar refractivity (Wildman–Crippen MR) is 80.8 cm³/mol. The molecule has 0 radical (unpaired) electrons. The molecule has 0 aromatic heterocycles. The van der Waals surface area contributed by atoms with Gasteiger partial charge in [0, 0.05) is 31.9 Å². The van der Waals surface area contributed by atoms with Crippen LogP contribution in [-0.4, -0.2) is 32.3 Å². The van der Waals surface area contributed by atoms with Crippen molar-refractivity contribution in [1.82, 2.24) is 5.32 Å². The number of hydrogen-bond donors (Lipinski definition) is 1. The highest BCUT2D eigenvalue weighted by Gasteiger charge is 2.17. The third-order valence-corrected chi connectivity index (χ3v) is 3.59. The van der Waals surface area contributed by atoms with Crippen molar-refractivity contribution >= 4 is 5.69 Å². The Morgan fingerprint density at radius 3 is 3.05 bits per heavy atom. The number of anilines is 1. The maximum atomic E-state index is 5.74. The first-order valence-corrected chi connectivity index (χ1v) is 7.37. The van der Waals surface area contributed by atoms with Gasteiger partial charge < -0.3 is 15.0 Å². The van der Waals surface area contributed by atoms with Crippen molar-refractivity contribution in [2.24, 2.45) is 0 Å². The van der Waals surface area contributed by atoms with E-state index in [1.54, 1.807) is 0 Å². The minimum atomic E-state index is 0.316. The zero-order valence-corrected chi connectivity index (χ0v) is 12.4. The van der Waals surface area contributed by atoms with Crippen molar-refractivity contribution in [3.63, 3.8) is 0 Å². The Hall–Kier alpha value is -1.06. The molecule has 1 fully saturated rings. The molecule has 0 spiro atoms. The lowest BCUT2D eigenvalue weighted by atomic mass is 10.1. The van der Waals surface area contributed by atoms with Gasteiger partial charge in [-0.15, -0.1) is 0 Å². The molecule has 0 aliphatic carbocycles. The van der Waals surface area contributed by atoms with Gasteiger partial charge in [0.05, 0.1) is 6.10 Å². The Bertz CT molecular complexity index is 406. The van der Waals surface area contributed by atoms with Gasteiger partial charge in [0.15, 0.2) is 0 Å². The minimum Gasteiger partial charge on any atom is -0.377 e.